The Morgan fingerprint density at radius 2 is 1.93 bits per heavy atom. The van der Waals surface area contributed by atoms with Gasteiger partial charge >= 0.3 is 0 Å². The lowest BCUT2D eigenvalue weighted by molar-refractivity contribution is 1.08. The van der Waals surface area contributed by atoms with Gasteiger partial charge in [-0.2, -0.15) is 0 Å². The Kier molecular flexibility index (Phi) is 2.00. The Hall–Kier alpha value is -1.77. The molecule has 0 saturated carbocycles. The zero-order valence-electron chi connectivity index (χ0n) is 8.36. The molecule has 2 aromatic rings. The smallest absolute Gasteiger partial charge is 0.128 e. The lowest BCUT2D eigenvalue weighted by Crippen LogP contribution is -2.10. The molecule has 0 unspecified atom stereocenters. The number of aromatic nitrogens is 1. The van der Waals surface area contributed by atoms with Gasteiger partial charge in [-0.3, -0.25) is 0 Å². The number of nitrogens with zero attached hydrogens (tertiary/aromatic N) is 2. The second-order valence-electron chi connectivity index (χ2n) is 3.52. The first-order valence-electron chi connectivity index (χ1n) is 4.50. The molecule has 0 radical (unpaired) electrons. The van der Waals surface area contributed by atoms with E-state index in [1.165, 1.54) is 0 Å². The molecule has 3 heteroatoms. The Bertz CT molecular complexity index is 463. The third kappa shape index (κ3) is 1.48. The van der Waals surface area contributed by atoms with Crippen LogP contribution < -0.4 is 10.6 Å². The third-order valence-electron chi connectivity index (χ3n) is 2.16. The molecule has 0 atom stereocenters. The highest BCUT2D eigenvalue weighted by Crippen LogP contribution is 2.18. The van der Waals surface area contributed by atoms with E-state index in [0.717, 1.165) is 22.4 Å². The predicted molar refractivity (Wildman–Crippen MR) is 60.5 cm³/mol. The summed E-state index contributed by atoms with van der Waals surface area (Å²) in [7, 11) is 3.96. The van der Waals surface area contributed by atoms with Crippen LogP contribution in [0.2, 0.25) is 0 Å². The van der Waals surface area contributed by atoms with E-state index >= 15 is 0 Å². The van der Waals surface area contributed by atoms with Crippen molar-refractivity contribution in [2.24, 2.45) is 0 Å². The minimum absolute atomic E-state index is 0.775. The van der Waals surface area contributed by atoms with E-state index in [-0.39, 0.29) is 0 Å². The molecule has 0 aliphatic heterocycles. The average Bonchev–Trinajstić information content (AvgIpc) is 2.16. The predicted octanol–water partition coefficient (Wildman–Crippen LogP) is 1.88. The number of fused-ring (bicyclic) bond motifs is 1. The molecule has 0 aliphatic carbocycles. The van der Waals surface area contributed by atoms with Crippen LogP contribution in [-0.2, 0) is 0 Å². The van der Waals surface area contributed by atoms with Crippen LogP contribution in [0.1, 0.15) is 0 Å². The van der Waals surface area contributed by atoms with Crippen molar-refractivity contribution in [3.05, 3.63) is 30.3 Å². The van der Waals surface area contributed by atoms with Crippen LogP contribution in [-0.4, -0.2) is 19.1 Å². The number of pyridine rings is 1. The van der Waals surface area contributed by atoms with Crippen LogP contribution >= 0.6 is 0 Å². The van der Waals surface area contributed by atoms with Crippen molar-refractivity contribution >= 4 is 22.4 Å². The van der Waals surface area contributed by atoms with Crippen molar-refractivity contribution in [2.75, 3.05) is 24.7 Å². The van der Waals surface area contributed by atoms with E-state index in [9.17, 15) is 0 Å². The van der Waals surface area contributed by atoms with Crippen molar-refractivity contribution in [3.63, 3.8) is 0 Å². The average molecular weight is 187 g/mol. The molecule has 0 fully saturated rings. The zero-order valence-corrected chi connectivity index (χ0v) is 8.36. The van der Waals surface area contributed by atoms with E-state index in [1.807, 2.05) is 49.3 Å². The van der Waals surface area contributed by atoms with Crippen molar-refractivity contribution in [3.8, 4) is 0 Å². The van der Waals surface area contributed by atoms with Gasteiger partial charge in [0.1, 0.15) is 5.82 Å². The Morgan fingerprint density at radius 3 is 2.64 bits per heavy atom. The third-order valence-corrected chi connectivity index (χ3v) is 2.16. The van der Waals surface area contributed by atoms with Crippen LogP contribution in [0.3, 0.4) is 0 Å². The first-order chi connectivity index (χ1) is 6.66. The van der Waals surface area contributed by atoms with E-state index in [2.05, 4.69) is 4.98 Å². The molecule has 0 aliphatic rings. The molecule has 1 aromatic carbocycles. The summed E-state index contributed by atoms with van der Waals surface area (Å²) in [5.41, 5.74) is 7.44. The lowest BCUT2D eigenvalue weighted by Gasteiger charge is -2.11. The molecule has 2 N–H and O–H groups in total. The quantitative estimate of drug-likeness (QED) is 0.693. The van der Waals surface area contributed by atoms with Gasteiger partial charge in [-0.05, 0) is 30.3 Å². The van der Waals surface area contributed by atoms with Gasteiger partial charge in [0.15, 0.2) is 0 Å². The molecular formula is C11H13N3. The fraction of sp³-hybridized carbons (Fsp3) is 0.182. The normalized spacial score (nSPS) is 10.4. The van der Waals surface area contributed by atoms with Gasteiger partial charge in [-0.25, -0.2) is 4.98 Å². The highest BCUT2D eigenvalue weighted by atomic mass is 15.1. The summed E-state index contributed by atoms with van der Waals surface area (Å²) in [6, 6.07) is 9.77. The summed E-state index contributed by atoms with van der Waals surface area (Å²) in [4.78, 5) is 6.47. The SMILES string of the molecule is CN(C)c1ccc2cc(N)ccc2n1. The number of nitrogen functional groups attached to an aromatic ring is 1. The molecule has 0 saturated heterocycles. The van der Waals surface area contributed by atoms with Crippen LogP contribution in [0.4, 0.5) is 11.5 Å². The number of benzene rings is 1. The lowest BCUT2D eigenvalue weighted by atomic mass is 10.2. The largest absolute Gasteiger partial charge is 0.399 e. The van der Waals surface area contributed by atoms with Gasteiger partial charge in [0.25, 0.3) is 0 Å². The van der Waals surface area contributed by atoms with Gasteiger partial charge in [0.2, 0.25) is 0 Å². The Labute approximate surface area is 83.2 Å². The Morgan fingerprint density at radius 1 is 1.14 bits per heavy atom. The van der Waals surface area contributed by atoms with Gasteiger partial charge in [0, 0.05) is 25.2 Å². The van der Waals surface area contributed by atoms with Gasteiger partial charge in [-0.15, -0.1) is 0 Å². The second kappa shape index (κ2) is 3.18. The minimum Gasteiger partial charge on any atom is -0.399 e. The molecule has 3 nitrogen and oxygen atoms in total. The van der Waals surface area contributed by atoms with E-state index in [4.69, 9.17) is 5.73 Å². The Balaban J connectivity index is 2.62. The zero-order chi connectivity index (χ0) is 10.1. The first kappa shape index (κ1) is 8.81. The molecule has 2 rings (SSSR count). The number of hydrogen-bond donors (Lipinski definition) is 1. The molecule has 14 heavy (non-hydrogen) atoms. The molecule has 0 bridgehead atoms. The fourth-order valence-corrected chi connectivity index (χ4v) is 1.38. The van der Waals surface area contributed by atoms with Crippen LogP contribution in [0.15, 0.2) is 30.3 Å². The maximum atomic E-state index is 5.68. The minimum atomic E-state index is 0.775. The molecule has 0 spiro atoms. The monoisotopic (exact) mass is 187 g/mol. The number of anilines is 2. The highest BCUT2D eigenvalue weighted by molar-refractivity contribution is 5.83. The van der Waals surface area contributed by atoms with E-state index < -0.39 is 0 Å². The maximum Gasteiger partial charge on any atom is 0.128 e. The van der Waals surface area contributed by atoms with Crippen molar-refractivity contribution in [1.29, 1.82) is 0 Å². The van der Waals surface area contributed by atoms with Crippen molar-refractivity contribution < 1.29 is 0 Å². The van der Waals surface area contributed by atoms with Crippen molar-refractivity contribution in [2.45, 2.75) is 0 Å². The molecule has 0 amide bonds. The van der Waals surface area contributed by atoms with E-state index in [0.29, 0.717) is 0 Å². The summed E-state index contributed by atoms with van der Waals surface area (Å²) in [6.07, 6.45) is 0. The van der Waals surface area contributed by atoms with Crippen LogP contribution in [0.25, 0.3) is 10.9 Å². The maximum absolute atomic E-state index is 5.68. The summed E-state index contributed by atoms with van der Waals surface area (Å²) in [5, 5.41) is 1.08. The number of hydrogen-bond acceptors (Lipinski definition) is 3. The highest BCUT2D eigenvalue weighted by Gasteiger charge is 1.99. The van der Waals surface area contributed by atoms with Crippen molar-refractivity contribution in [1.82, 2.24) is 4.98 Å². The van der Waals surface area contributed by atoms with Crippen LogP contribution in [0, 0.1) is 0 Å². The van der Waals surface area contributed by atoms with Gasteiger partial charge < -0.3 is 10.6 Å². The fourth-order valence-electron chi connectivity index (χ4n) is 1.38. The second-order valence-corrected chi connectivity index (χ2v) is 3.52. The van der Waals surface area contributed by atoms with E-state index in [1.54, 1.807) is 0 Å². The van der Waals surface area contributed by atoms with Gasteiger partial charge in [0.05, 0.1) is 5.52 Å². The molecular weight excluding hydrogens is 174 g/mol. The number of rotatable bonds is 1. The standard InChI is InChI=1S/C11H13N3/c1-14(2)11-6-3-8-7-9(12)4-5-10(8)13-11/h3-7H,12H2,1-2H3. The summed E-state index contributed by atoms with van der Waals surface area (Å²) in [6.45, 7) is 0. The molecule has 72 valence electrons. The summed E-state index contributed by atoms with van der Waals surface area (Å²) < 4.78 is 0. The molecule has 1 aromatic heterocycles. The summed E-state index contributed by atoms with van der Waals surface area (Å²) >= 11 is 0. The van der Waals surface area contributed by atoms with Crippen LogP contribution in [0.5, 0.6) is 0 Å². The van der Waals surface area contributed by atoms with Gasteiger partial charge in [-0.1, -0.05) is 0 Å². The number of nitrogens with two attached hydrogens (primary N) is 1. The topological polar surface area (TPSA) is 42.1 Å². The summed E-state index contributed by atoms with van der Waals surface area (Å²) in [5.74, 6) is 0.960. The molecule has 1 heterocycles. The first-order valence-corrected chi connectivity index (χ1v) is 4.50.